The van der Waals surface area contributed by atoms with Gasteiger partial charge in [-0.05, 0) is 54.8 Å². The largest absolute Gasteiger partial charge is 0.493 e. The molecule has 1 aromatic heterocycles. The number of benzene rings is 2. The van der Waals surface area contributed by atoms with E-state index in [-0.39, 0.29) is 11.8 Å². The van der Waals surface area contributed by atoms with E-state index in [0.717, 1.165) is 0 Å². The summed E-state index contributed by atoms with van der Waals surface area (Å²) in [5, 5.41) is 7.51. The van der Waals surface area contributed by atoms with E-state index < -0.39 is 0 Å². The van der Waals surface area contributed by atoms with Crippen LogP contribution < -0.4 is 15.4 Å². The summed E-state index contributed by atoms with van der Waals surface area (Å²) in [6.07, 6.45) is 0. The molecule has 0 fully saturated rings. The molecule has 3 aromatic rings. The van der Waals surface area contributed by atoms with E-state index in [1.54, 1.807) is 48.5 Å². The quantitative estimate of drug-likeness (QED) is 0.667. The number of anilines is 2. The van der Waals surface area contributed by atoms with Gasteiger partial charge in [-0.1, -0.05) is 18.2 Å². The van der Waals surface area contributed by atoms with Gasteiger partial charge in [0.25, 0.3) is 11.8 Å². The molecule has 0 unspecified atom stereocenters. The van der Waals surface area contributed by atoms with Gasteiger partial charge in [-0.15, -0.1) is 11.3 Å². The van der Waals surface area contributed by atoms with Crippen LogP contribution in [0.15, 0.2) is 66.0 Å². The zero-order valence-corrected chi connectivity index (χ0v) is 15.0. The van der Waals surface area contributed by atoms with E-state index in [9.17, 15) is 9.59 Å². The summed E-state index contributed by atoms with van der Waals surface area (Å²) >= 11 is 1.38. The Kier molecular flexibility index (Phi) is 5.66. The number of ether oxygens (including phenoxy) is 1. The van der Waals surface area contributed by atoms with Crippen molar-refractivity contribution in [3.8, 4) is 5.75 Å². The van der Waals surface area contributed by atoms with Gasteiger partial charge in [0.2, 0.25) is 0 Å². The molecule has 0 radical (unpaired) electrons. The third-order valence-corrected chi connectivity index (χ3v) is 4.45. The van der Waals surface area contributed by atoms with Gasteiger partial charge in [0, 0.05) is 11.4 Å². The minimum Gasteiger partial charge on any atom is -0.493 e. The molecular formula is C20H18N2O3S. The number of amides is 2. The molecule has 0 bridgehead atoms. The fourth-order valence-electron chi connectivity index (χ4n) is 2.37. The van der Waals surface area contributed by atoms with Crippen molar-refractivity contribution in [2.75, 3.05) is 17.2 Å². The number of hydrogen-bond donors (Lipinski definition) is 2. The lowest BCUT2D eigenvalue weighted by Crippen LogP contribution is -2.14. The first-order chi connectivity index (χ1) is 12.7. The van der Waals surface area contributed by atoms with Crippen molar-refractivity contribution >= 4 is 34.5 Å². The lowest BCUT2D eigenvalue weighted by Gasteiger charge is -2.11. The minimum absolute atomic E-state index is 0.151. The lowest BCUT2D eigenvalue weighted by molar-refractivity contribution is 0.101. The third kappa shape index (κ3) is 4.29. The van der Waals surface area contributed by atoms with Crippen LogP contribution in [0.5, 0.6) is 5.75 Å². The first-order valence-electron chi connectivity index (χ1n) is 8.15. The van der Waals surface area contributed by atoms with Crippen molar-refractivity contribution in [1.29, 1.82) is 0 Å². The molecule has 5 nitrogen and oxygen atoms in total. The van der Waals surface area contributed by atoms with E-state index in [0.29, 0.717) is 34.2 Å². The van der Waals surface area contributed by atoms with Gasteiger partial charge < -0.3 is 15.4 Å². The van der Waals surface area contributed by atoms with Crippen LogP contribution in [0.2, 0.25) is 0 Å². The summed E-state index contributed by atoms with van der Waals surface area (Å²) < 4.78 is 5.49. The number of carbonyl (C=O) groups excluding carboxylic acids is 2. The predicted octanol–water partition coefficient (Wildman–Crippen LogP) is 4.65. The Labute approximate surface area is 155 Å². The Hall–Kier alpha value is -3.12. The molecule has 132 valence electrons. The number of para-hydroxylation sites is 1. The zero-order chi connectivity index (χ0) is 18.4. The molecule has 2 amide bonds. The Balaban J connectivity index is 1.66. The highest BCUT2D eigenvalue weighted by Gasteiger charge is 2.12. The summed E-state index contributed by atoms with van der Waals surface area (Å²) in [6, 6.07) is 17.7. The first kappa shape index (κ1) is 17.7. The normalized spacial score (nSPS) is 10.2. The smallest absolute Gasteiger partial charge is 0.265 e. The third-order valence-electron chi connectivity index (χ3n) is 3.58. The molecule has 3 rings (SSSR count). The van der Waals surface area contributed by atoms with Crippen molar-refractivity contribution in [2.45, 2.75) is 6.92 Å². The van der Waals surface area contributed by atoms with Crippen LogP contribution >= 0.6 is 11.3 Å². The molecule has 0 aliphatic heterocycles. The minimum atomic E-state index is -0.246. The number of thiophene rings is 1. The Morgan fingerprint density at radius 1 is 0.885 bits per heavy atom. The first-order valence-corrected chi connectivity index (χ1v) is 9.03. The van der Waals surface area contributed by atoms with Crippen LogP contribution in [-0.2, 0) is 0 Å². The average Bonchev–Trinajstić information content (AvgIpc) is 3.19. The Bertz CT molecular complexity index is 890. The van der Waals surface area contributed by atoms with E-state index in [4.69, 9.17) is 4.74 Å². The van der Waals surface area contributed by atoms with Gasteiger partial charge in [-0.25, -0.2) is 0 Å². The van der Waals surface area contributed by atoms with Crippen LogP contribution in [0.25, 0.3) is 0 Å². The molecule has 26 heavy (non-hydrogen) atoms. The second kappa shape index (κ2) is 8.31. The maximum absolute atomic E-state index is 12.5. The molecule has 0 saturated carbocycles. The van der Waals surface area contributed by atoms with Gasteiger partial charge in [0.1, 0.15) is 5.75 Å². The SMILES string of the molecule is CCOc1ccccc1C(=O)Nc1ccc(NC(=O)c2cccs2)cc1. The molecular weight excluding hydrogens is 348 g/mol. The van der Waals surface area contributed by atoms with E-state index >= 15 is 0 Å². The number of rotatable bonds is 6. The summed E-state index contributed by atoms with van der Waals surface area (Å²) in [5.74, 6) is 0.152. The molecule has 0 aliphatic carbocycles. The van der Waals surface area contributed by atoms with Crippen LogP contribution in [0.3, 0.4) is 0 Å². The lowest BCUT2D eigenvalue weighted by atomic mass is 10.2. The van der Waals surface area contributed by atoms with Crippen molar-refractivity contribution in [2.24, 2.45) is 0 Å². The average molecular weight is 366 g/mol. The predicted molar refractivity (Wildman–Crippen MR) is 104 cm³/mol. The fourth-order valence-corrected chi connectivity index (χ4v) is 2.99. The van der Waals surface area contributed by atoms with Gasteiger partial charge >= 0.3 is 0 Å². The highest BCUT2D eigenvalue weighted by Crippen LogP contribution is 2.21. The van der Waals surface area contributed by atoms with Crippen LogP contribution in [0.4, 0.5) is 11.4 Å². The summed E-state index contributed by atoms with van der Waals surface area (Å²) in [6.45, 7) is 2.36. The van der Waals surface area contributed by atoms with E-state index in [2.05, 4.69) is 10.6 Å². The van der Waals surface area contributed by atoms with Gasteiger partial charge in [0.15, 0.2) is 0 Å². The Morgan fingerprint density at radius 3 is 2.15 bits per heavy atom. The number of nitrogens with one attached hydrogen (secondary N) is 2. The highest BCUT2D eigenvalue weighted by atomic mass is 32.1. The molecule has 2 aromatic carbocycles. The van der Waals surface area contributed by atoms with Crippen molar-refractivity contribution in [3.63, 3.8) is 0 Å². The monoisotopic (exact) mass is 366 g/mol. The summed E-state index contributed by atoms with van der Waals surface area (Å²) in [5.41, 5.74) is 1.77. The van der Waals surface area contributed by atoms with Gasteiger partial charge in [-0.2, -0.15) is 0 Å². The van der Waals surface area contributed by atoms with E-state index in [1.165, 1.54) is 11.3 Å². The van der Waals surface area contributed by atoms with Crippen molar-refractivity contribution in [1.82, 2.24) is 0 Å². The molecule has 2 N–H and O–H groups in total. The maximum atomic E-state index is 12.5. The number of carbonyl (C=O) groups is 2. The van der Waals surface area contributed by atoms with Crippen molar-refractivity contribution < 1.29 is 14.3 Å². The second-order valence-electron chi connectivity index (χ2n) is 5.39. The van der Waals surface area contributed by atoms with Crippen molar-refractivity contribution in [3.05, 3.63) is 76.5 Å². The molecule has 0 spiro atoms. The van der Waals surface area contributed by atoms with Gasteiger partial charge in [-0.3, -0.25) is 9.59 Å². The topological polar surface area (TPSA) is 67.4 Å². The highest BCUT2D eigenvalue weighted by molar-refractivity contribution is 7.12. The van der Waals surface area contributed by atoms with Crippen LogP contribution in [0.1, 0.15) is 27.0 Å². The maximum Gasteiger partial charge on any atom is 0.265 e. The summed E-state index contributed by atoms with van der Waals surface area (Å²) in [7, 11) is 0. The molecule has 0 saturated heterocycles. The zero-order valence-electron chi connectivity index (χ0n) is 14.2. The van der Waals surface area contributed by atoms with Crippen LogP contribution in [0, 0.1) is 0 Å². The molecule has 1 heterocycles. The number of hydrogen-bond acceptors (Lipinski definition) is 4. The second-order valence-corrected chi connectivity index (χ2v) is 6.34. The summed E-state index contributed by atoms with van der Waals surface area (Å²) in [4.78, 5) is 25.2. The fraction of sp³-hybridized carbons (Fsp3) is 0.100. The standard InChI is InChI=1S/C20H18N2O3S/c1-2-25-17-7-4-3-6-16(17)19(23)21-14-9-11-15(12-10-14)22-20(24)18-8-5-13-26-18/h3-13H,2H2,1H3,(H,21,23)(H,22,24). The van der Waals surface area contributed by atoms with Gasteiger partial charge in [0.05, 0.1) is 17.0 Å². The molecule has 0 aliphatic rings. The Morgan fingerprint density at radius 2 is 1.54 bits per heavy atom. The molecule has 6 heteroatoms. The molecule has 0 atom stereocenters. The van der Waals surface area contributed by atoms with E-state index in [1.807, 2.05) is 24.4 Å². The van der Waals surface area contributed by atoms with Crippen LogP contribution in [-0.4, -0.2) is 18.4 Å².